The minimum Gasteiger partial charge on any atom is -0.375 e. The highest BCUT2D eigenvalue weighted by molar-refractivity contribution is 7.15. The van der Waals surface area contributed by atoms with Crippen molar-refractivity contribution in [2.45, 2.75) is 33.0 Å². The molecule has 0 aliphatic carbocycles. The Labute approximate surface area is 124 Å². The molecule has 8 heteroatoms. The molecule has 106 valence electrons. The summed E-state index contributed by atoms with van der Waals surface area (Å²) in [5.74, 6) is -0.0394. The van der Waals surface area contributed by atoms with Crippen LogP contribution < -0.4 is 11.1 Å². The third-order valence-corrected chi connectivity index (χ3v) is 5.06. The number of aromatic nitrogens is 2. The molecule has 1 aliphatic rings. The molecule has 20 heavy (non-hydrogen) atoms. The van der Waals surface area contributed by atoms with E-state index in [0.29, 0.717) is 16.8 Å². The Kier molecular flexibility index (Phi) is 3.45. The minimum atomic E-state index is -0.221. The van der Waals surface area contributed by atoms with E-state index < -0.39 is 0 Å². The molecular formula is C12H15N5OS2. The second-order valence-electron chi connectivity index (χ2n) is 4.79. The van der Waals surface area contributed by atoms with Crippen molar-refractivity contribution in [1.82, 2.24) is 14.9 Å². The highest BCUT2D eigenvalue weighted by Crippen LogP contribution is 2.30. The van der Waals surface area contributed by atoms with E-state index >= 15 is 0 Å². The lowest BCUT2D eigenvalue weighted by atomic mass is 10.3. The summed E-state index contributed by atoms with van der Waals surface area (Å²) >= 11 is 2.94. The van der Waals surface area contributed by atoms with E-state index in [9.17, 15) is 4.79 Å². The van der Waals surface area contributed by atoms with Gasteiger partial charge in [-0.3, -0.25) is 9.69 Å². The highest BCUT2D eigenvalue weighted by Gasteiger charge is 2.30. The SMILES string of the molecule is Cc1csc(NC(=O)C(C)N2Cc3nc(N)sc3C2)n1. The van der Waals surface area contributed by atoms with Crippen molar-refractivity contribution in [3.8, 4) is 0 Å². The maximum Gasteiger partial charge on any atom is 0.243 e. The minimum absolute atomic E-state index is 0.0394. The summed E-state index contributed by atoms with van der Waals surface area (Å²) in [7, 11) is 0. The van der Waals surface area contributed by atoms with Gasteiger partial charge >= 0.3 is 0 Å². The zero-order chi connectivity index (χ0) is 14.3. The zero-order valence-corrected chi connectivity index (χ0v) is 12.8. The van der Waals surface area contributed by atoms with E-state index in [1.165, 1.54) is 22.7 Å². The monoisotopic (exact) mass is 309 g/mol. The lowest BCUT2D eigenvalue weighted by Crippen LogP contribution is -2.38. The smallest absolute Gasteiger partial charge is 0.243 e. The Hall–Kier alpha value is -1.51. The molecule has 0 fully saturated rings. The van der Waals surface area contributed by atoms with Crippen molar-refractivity contribution in [2.24, 2.45) is 0 Å². The van der Waals surface area contributed by atoms with Crippen LogP contribution in [0.25, 0.3) is 0 Å². The van der Waals surface area contributed by atoms with Crippen molar-refractivity contribution in [2.75, 3.05) is 11.1 Å². The second-order valence-corrected chi connectivity index (χ2v) is 6.76. The fourth-order valence-electron chi connectivity index (χ4n) is 2.14. The number of nitrogens with one attached hydrogen (secondary N) is 1. The first kappa shape index (κ1) is 13.5. The molecule has 0 aromatic carbocycles. The number of hydrogen-bond acceptors (Lipinski definition) is 7. The van der Waals surface area contributed by atoms with E-state index in [-0.39, 0.29) is 11.9 Å². The molecule has 0 radical (unpaired) electrons. The van der Waals surface area contributed by atoms with Gasteiger partial charge in [-0.15, -0.1) is 22.7 Å². The number of thiazole rings is 2. The largest absolute Gasteiger partial charge is 0.375 e. The van der Waals surface area contributed by atoms with Crippen molar-refractivity contribution in [3.63, 3.8) is 0 Å². The summed E-state index contributed by atoms with van der Waals surface area (Å²) in [4.78, 5) is 24.0. The van der Waals surface area contributed by atoms with Gasteiger partial charge in [-0.25, -0.2) is 9.97 Å². The van der Waals surface area contributed by atoms with E-state index in [4.69, 9.17) is 5.73 Å². The number of nitrogens with two attached hydrogens (primary N) is 1. The van der Waals surface area contributed by atoms with Crippen LogP contribution >= 0.6 is 22.7 Å². The van der Waals surface area contributed by atoms with Crippen LogP contribution in [-0.4, -0.2) is 26.8 Å². The number of anilines is 2. The van der Waals surface area contributed by atoms with Crippen LogP contribution in [0.15, 0.2) is 5.38 Å². The van der Waals surface area contributed by atoms with Crippen molar-refractivity contribution in [1.29, 1.82) is 0 Å². The van der Waals surface area contributed by atoms with Gasteiger partial charge in [-0.2, -0.15) is 0 Å². The first-order chi connectivity index (χ1) is 9.52. The van der Waals surface area contributed by atoms with Gasteiger partial charge in [0.25, 0.3) is 0 Å². The van der Waals surface area contributed by atoms with Gasteiger partial charge in [-0.1, -0.05) is 0 Å². The number of nitrogens with zero attached hydrogens (tertiary/aromatic N) is 3. The molecule has 3 heterocycles. The van der Waals surface area contributed by atoms with Crippen molar-refractivity contribution >= 4 is 38.8 Å². The van der Waals surface area contributed by atoms with Gasteiger partial charge in [0, 0.05) is 23.3 Å². The van der Waals surface area contributed by atoms with Gasteiger partial charge in [0.2, 0.25) is 5.91 Å². The first-order valence-corrected chi connectivity index (χ1v) is 7.93. The number of carbonyl (C=O) groups excluding carboxylic acids is 1. The molecule has 0 saturated heterocycles. The Bertz CT molecular complexity index is 627. The summed E-state index contributed by atoms with van der Waals surface area (Å²) in [6.07, 6.45) is 0. The highest BCUT2D eigenvalue weighted by atomic mass is 32.1. The third kappa shape index (κ3) is 2.54. The standard InChI is InChI=1S/C12H15N5OS2/c1-6-5-19-12(14-6)16-10(18)7(2)17-3-8-9(4-17)20-11(13)15-8/h5,7H,3-4H2,1-2H3,(H2,13,15)(H,14,16,18). The molecule has 1 aliphatic heterocycles. The summed E-state index contributed by atoms with van der Waals surface area (Å²) in [5.41, 5.74) is 7.59. The predicted molar refractivity (Wildman–Crippen MR) is 80.7 cm³/mol. The van der Waals surface area contributed by atoms with Crippen LogP contribution in [0.1, 0.15) is 23.2 Å². The molecule has 3 rings (SSSR count). The van der Waals surface area contributed by atoms with Crippen LogP contribution in [0.2, 0.25) is 0 Å². The fraction of sp³-hybridized carbons (Fsp3) is 0.417. The van der Waals surface area contributed by atoms with E-state index in [2.05, 4.69) is 20.2 Å². The van der Waals surface area contributed by atoms with Gasteiger partial charge in [0.15, 0.2) is 10.3 Å². The average Bonchev–Trinajstić information content (AvgIpc) is 3.03. The molecule has 2 aromatic heterocycles. The Morgan fingerprint density at radius 3 is 2.95 bits per heavy atom. The predicted octanol–water partition coefficient (Wildman–Crippen LogP) is 1.83. The molecule has 3 N–H and O–H groups in total. The lowest BCUT2D eigenvalue weighted by Gasteiger charge is -2.22. The number of amides is 1. The maximum absolute atomic E-state index is 12.2. The first-order valence-electron chi connectivity index (χ1n) is 6.24. The molecule has 0 saturated carbocycles. The van der Waals surface area contributed by atoms with E-state index in [0.717, 1.165) is 22.8 Å². The Balaban J connectivity index is 1.63. The number of carbonyl (C=O) groups is 1. The van der Waals surface area contributed by atoms with Gasteiger partial charge in [0.1, 0.15) is 0 Å². The second kappa shape index (κ2) is 5.12. The van der Waals surface area contributed by atoms with Crippen molar-refractivity contribution in [3.05, 3.63) is 21.6 Å². The van der Waals surface area contributed by atoms with Gasteiger partial charge < -0.3 is 11.1 Å². The normalized spacial score (nSPS) is 16.1. The molecular weight excluding hydrogens is 294 g/mol. The summed E-state index contributed by atoms with van der Waals surface area (Å²) in [6, 6.07) is -0.221. The zero-order valence-electron chi connectivity index (χ0n) is 11.2. The maximum atomic E-state index is 12.2. The topological polar surface area (TPSA) is 84.1 Å². The van der Waals surface area contributed by atoms with E-state index in [1.54, 1.807) is 0 Å². The number of fused-ring (bicyclic) bond motifs is 1. The molecule has 0 bridgehead atoms. The molecule has 1 atom stereocenters. The van der Waals surface area contributed by atoms with Crippen LogP contribution in [0.3, 0.4) is 0 Å². The summed E-state index contributed by atoms with van der Waals surface area (Å²) in [5, 5.41) is 6.02. The number of nitrogen functional groups attached to an aromatic ring is 1. The molecule has 0 spiro atoms. The molecule has 1 unspecified atom stereocenters. The number of rotatable bonds is 3. The fourth-order valence-corrected chi connectivity index (χ4v) is 3.70. The summed E-state index contributed by atoms with van der Waals surface area (Å²) < 4.78 is 0. The Morgan fingerprint density at radius 1 is 1.50 bits per heavy atom. The van der Waals surface area contributed by atoms with Crippen LogP contribution in [0.5, 0.6) is 0 Å². The van der Waals surface area contributed by atoms with Crippen LogP contribution in [-0.2, 0) is 17.9 Å². The molecule has 1 amide bonds. The number of aryl methyl sites for hydroxylation is 1. The number of hydrogen-bond donors (Lipinski definition) is 2. The molecule has 2 aromatic rings. The van der Waals surface area contributed by atoms with E-state index in [1.807, 2.05) is 19.2 Å². The van der Waals surface area contributed by atoms with Crippen molar-refractivity contribution < 1.29 is 4.79 Å². The third-order valence-electron chi connectivity index (χ3n) is 3.27. The lowest BCUT2D eigenvalue weighted by molar-refractivity contribution is -0.120. The van der Waals surface area contributed by atoms with Gasteiger partial charge in [0.05, 0.1) is 17.4 Å². The van der Waals surface area contributed by atoms with Crippen LogP contribution in [0.4, 0.5) is 10.3 Å². The van der Waals surface area contributed by atoms with Gasteiger partial charge in [-0.05, 0) is 13.8 Å². The summed E-state index contributed by atoms with van der Waals surface area (Å²) in [6.45, 7) is 5.21. The Morgan fingerprint density at radius 2 is 2.30 bits per heavy atom. The van der Waals surface area contributed by atoms with Crippen LogP contribution in [0, 0.1) is 6.92 Å². The molecule has 6 nitrogen and oxygen atoms in total. The quantitative estimate of drug-likeness (QED) is 0.903. The average molecular weight is 309 g/mol.